The van der Waals surface area contributed by atoms with E-state index in [1.165, 1.54) is 49.7 Å². The summed E-state index contributed by atoms with van der Waals surface area (Å²) in [5, 5.41) is 0.895. The van der Waals surface area contributed by atoms with Gasteiger partial charge in [0.15, 0.2) is 0 Å². The first-order chi connectivity index (χ1) is 9.08. The molecule has 0 nitrogen and oxygen atoms in total. The fraction of sp³-hybridized carbons (Fsp3) is 0.647. The van der Waals surface area contributed by atoms with Gasteiger partial charge in [-0.05, 0) is 48.9 Å². The van der Waals surface area contributed by atoms with Crippen LogP contribution in [-0.4, -0.2) is 0 Å². The third-order valence-corrected chi connectivity index (χ3v) is 5.21. The van der Waals surface area contributed by atoms with Crippen LogP contribution in [0.15, 0.2) is 12.1 Å². The van der Waals surface area contributed by atoms with Gasteiger partial charge in [-0.25, -0.2) is 0 Å². The fourth-order valence-corrected chi connectivity index (χ4v) is 3.90. The highest BCUT2D eigenvalue weighted by Crippen LogP contribution is 2.38. The zero-order valence-electron chi connectivity index (χ0n) is 12.0. The van der Waals surface area contributed by atoms with Crippen LogP contribution in [0.2, 0.25) is 5.02 Å². The van der Waals surface area contributed by atoms with Crippen molar-refractivity contribution in [2.45, 2.75) is 64.2 Å². The summed E-state index contributed by atoms with van der Waals surface area (Å²) >= 11 is 13.0. The van der Waals surface area contributed by atoms with Crippen LogP contribution < -0.4 is 0 Å². The number of hydrogen-bond donors (Lipinski definition) is 0. The summed E-state index contributed by atoms with van der Waals surface area (Å²) in [6.07, 6.45) is 9.28. The molecule has 0 aromatic heterocycles. The van der Waals surface area contributed by atoms with Crippen molar-refractivity contribution in [1.29, 1.82) is 0 Å². The summed E-state index contributed by atoms with van der Waals surface area (Å²) in [6.45, 7) is 4.23. The Balaban J connectivity index is 2.06. The van der Waals surface area contributed by atoms with E-state index >= 15 is 0 Å². The van der Waals surface area contributed by atoms with Gasteiger partial charge in [-0.15, -0.1) is 11.6 Å². The predicted octanol–water partition coefficient (Wildman–Crippen LogP) is 6.60. The number of benzene rings is 1. The van der Waals surface area contributed by atoms with Gasteiger partial charge in [-0.2, -0.15) is 0 Å². The molecule has 1 aromatic rings. The molecule has 1 unspecified atom stereocenters. The van der Waals surface area contributed by atoms with Crippen molar-refractivity contribution in [3.8, 4) is 0 Å². The maximum Gasteiger partial charge on any atom is 0.0602 e. The first-order valence-electron chi connectivity index (χ1n) is 7.48. The van der Waals surface area contributed by atoms with Crippen LogP contribution in [0.5, 0.6) is 0 Å². The minimum atomic E-state index is 0.0647. The van der Waals surface area contributed by atoms with Crippen LogP contribution in [0.25, 0.3) is 0 Å². The Labute approximate surface area is 127 Å². The molecule has 2 rings (SSSR count). The summed E-state index contributed by atoms with van der Waals surface area (Å²) in [5.74, 6) is 0.780. The Kier molecular flexibility index (Phi) is 5.59. The van der Waals surface area contributed by atoms with Crippen LogP contribution in [0.4, 0.5) is 0 Å². The van der Waals surface area contributed by atoms with E-state index in [9.17, 15) is 0 Å². The summed E-state index contributed by atoms with van der Waals surface area (Å²) in [7, 11) is 0. The number of halogens is 2. The Morgan fingerprint density at radius 3 is 2.26 bits per heavy atom. The highest BCUT2D eigenvalue weighted by atomic mass is 35.5. The molecule has 0 amide bonds. The van der Waals surface area contributed by atoms with Crippen LogP contribution in [-0.2, 0) is 0 Å². The van der Waals surface area contributed by atoms with Crippen molar-refractivity contribution in [3.63, 3.8) is 0 Å². The van der Waals surface area contributed by atoms with E-state index in [1.807, 2.05) is 0 Å². The summed E-state index contributed by atoms with van der Waals surface area (Å²) in [4.78, 5) is 0. The number of aryl methyl sites for hydroxylation is 2. The highest BCUT2D eigenvalue weighted by molar-refractivity contribution is 6.32. The summed E-state index contributed by atoms with van der Waals surface area (Å²) in [5.41, 5.74) is 3.65. The maximum absolute atomic E-state index is 6.64. The Morgan fingerprint density at radius 2 is 1.63 bits per heavy atom. The number of alkyl halides is 1. The molecule has 0 heterocycles. The number of hydrogen-bond acceptors (Lipinski definition) is 0. The molecule has 106 valence electrons. The Morgan fingerprint density at radius 1 is 1.05 bits per heavy atom. The van der Waals surface area contributed by atoms with Gasteiger partial charge in [0.1, 0.15) is 0 Å². The molecule has 0 bridgehead atoms. The zero-order chi connectivity index (χ0) is 13.8. The second kappa shape index (κ2) is 6.99. The molecule has 1 aromatic carbocycles. The summed E-state index contributed by atoms with van der Waals surface area (Å²) < 4.78 is 0. The molecule has 0 radical (unpaired) electrons. The predicted molar refractivity (Wildman–Crippen MR) is 85.3 cm³/mol. The van der Waals surface area contributed by atoms with Gasteiger partial charge in [-0.1, -0.05) is 56.2 Å². The smallest absolute Gasteiger partial charge is 0.0602 e. The van der Waals surface area contributed by atoms with Gasteiger partial charge >= 0.3 is 0 Å². The monoisotopic (exact) mass is 298 g/mol. The van der Waals surface area contributed by atoms with E-state index in [0.717, 1.165) is 22.9 Å². The van der Waals surface area contributed by atoms with Crippen molar-refractivity contribution in [1.82, 2.24) is 0 Å². The lowest BCUT2D eigenvalue weighted by Gasteiger charge is -2.20. The second-order valence-electron chi connectivity index (χ2n) is 6.02. The van der Waals surface area contributed by atoms with Crippen molar-refractivity contribution in [3.05, 3.63) is 33.8 Å². The number of rotatable bonds is 3. The lowest BCUT2D eigenvalue weighted by Crippen LogP contribution is -2.04. The average molecular weight is 299 g/mol. The molecule has 0 spiro atoms. The molecule has 1 fully saturated rings. The quantitative estimate of drug-likeness (QED) is 0.436. The van der Waals surface area contributed by atoms with Crippen molar-refractivity contribution in [2.24, 2.45) is 5.92 Å². The molecule has 19 heavy (non-hydrogen) atoms. The zero-order valence-corrected chi connectivity index (χ0v) is 13.5. The molecule has 0 saturated heterocycles. The Hall–Kier alpha value is -0.200. The van der Waals surface area contributed by atoms with Crippen molar-refractivity contribution >= 4 is 23.2 Å². The van der Waals surface area contributed by atoms with E-state index in [-0.39, 0.29) is 5.38 Å². The molecule has 0 aliphatic heterocycles. The van der Waals surface area contributed by atoms with Gasteiger partial charge in [0.2, 0.25) is 0 Å². The van der Waals surface area contributed by atoms with Crippen molar-refractivity contribution < 1.29 is 0 Å². The molecular weight excluding hydrogens is 275 g/mol. The van der Waals surface area contributed by atoms with Crippen LogP contribution in [0, 0.1) is 19.8 Å². The second-order valence-corrected chi connectivity index (χ2v) is 6.95. The molecule has 1 atom stereocenters. The van der Waals surface area contributed by atoms with E-state index in [1.54, 1.807) is 0 Å². The Bertz CT molecular complexity index is 418. The summed E-state index contributed by atoms with van der Waals surface area (Å²) in [6, 6.07) is 4.22. The van der Waals surface area contributed by atoms with E-state index in [2.05, 4.69) is 26.0 Å². The van der Waals surface area contributed by atoms with Gasteiger partial charge in [0.05, 0.1) is 5.38 Å². The molecule has 1 aliphatic carbocycles. The minimum absolute atomic E-state index is 0.0647. The van der Waals surface area contributed by atoms with E-state index in [0.29, 0.717) is 0 Å². The normalized spacial score (nSPS) is 19.2. The lowest BCUT2D eigenvalue weighted by atomic mass is 9.91. The van der Waals surface area contributed by atoms with Gasteiger partial charge < -0.3 is 0 Å². The fourth-order valence-electron chi connectivity index (χ4n) is 3.06. The SMILES string of the molecule is Cc1cc(Cl)c(C(Cl)CC2CCCCCC2)cc1C. The van der Waals surface area contributed by atoms with Crippen LogP contribution in [0.1, 0.15) is 67.0 Å². The molecular formula is C17H24Cl2. The third-order valence-electron chi connectivity index (χ3n) is 4.47. The molecule has 0 N–H and O–H groups in total. The van der Waals surface area contributed by atoms with E-state index in [4.69, 9.17) is 23.2 Å². The van der Waals surface area contributed by atoms with Gasteiger partial charge in [0.25, 0.3) is 0 Å². The topological polar surface area (TPSA) is 0 Å². The molecule has 1 aliphatic rings. The first kappa shape index (κ1) is 15.2. The van der Waals surface area contributed by atoms with E-state index < -0.39 is 0 Å². The van der Waals surface area contributed by atoms with Gasteiger partial charge in [-0.3, -0.25) is 0 Å². The molecule has 2 heteroatoms. The highest BCUT2D eigenvalue weighted by Gasteiger charge is 2.20. The van der Waals surface area contributed by atoms with Crippen LogP contribution in [0.3, 0.4) is 0 Å². The first-order valence-corrected chi connectivity index (χ1v) is 8.30. The molecule has 1 saturated carbocycles. The van der Waals surface area contributed by atoms with Crippen molar-refractivity contribution in [2.75, 3.05) is 0 Å². The third kappa shape index (κ3) is 4.13. The minimum Gasteiger partial charge on any atom is -0.118 e. The van der Waals surface area contributed by atoms with Crippen LogP contribution >= 0.6 is 23.2 Å². The maximum atomic E-state index is 6.64. The average Bonchev–Trinajstić information content (AvgIpc) is 2.62. The largest absolute Gasteiger partial charge is 0.118 e. The van der Waals surface area contributed by atoms with Gasteiger partial charge in [0, 0.05) is 5.02 Å². The standard InChI is InChI=1S/C17H24Cl2/c1-12-9-15(16(18)10-13(12)2)17(19)11-14-7-5-3-4-6-8-14/h9-10,14,17H,3-8,11H2,1-2H3. The lowest BCUT2D eigenvalue weighted by molar-refractivity contribution is 0.423.